The van der Waals surface area contributed by atoms with Crippen LogP contribution >= 0.6 is 0 Å². The van der Waals surface area contributed by atoms with Crippen molar-refractivity contribution in [1.82, 2.24) is 4.72 Å². The smallest absolute Gasteiger partial charge is 0.201 e. The van der Waals surface area contributed by atoms with Crippen LogP contribution in [0.4, 0.5) is 5.69 Å². The van der Waals surface area contributed by atoms with Gasteiger partial charge in [-0.25, -0.2) is 13.1 Å². The largest absolute Gasteiger partial charge is 0.486 e. The molecule has 6 nitrogen and oxygen atoms in total. The van der Waals surface area contributed by atoms with Crippen molar-refractivity contribution >= 4 is 16.6 Å². The maximum absolute atomic E-state index is 10.4. The number of hydrogen-bond acceptors (Lipinski definition) is 5. The van der Waals surface area contributed by atoms with Crippen molar-refractivity contribution in [2.45, 2.75) is 6.10 Å². The topological polar surface area (TPSA) is 90.6 Å². The number of fused-ring (bicyclic) bond motifs is 1. The molecule has 3 N–H and O–H groups in total. The molecule has 1 aliphatic rings. The van der Waals surface area contributed by atoms with Gasteiger partial charge in [-0.15, -0.1) is 0 Å². The first-order chi connectivity index (χ1) is 7.65. The van der Waals surface area contributed by atoms with Crippen LogP contribution in [-0.2, 0) is 10.9 Å². The normalized spacial score (nSPS) is 18.7. The summed E-state index contributed by atoms with van der Waals surface area (Å²) in [4.78, 5) is 0. The van der Waals surface area contributed by atoms with Crippen molar-refractivity contribution in [3.8, 4) is 11.5 Å². The first-order valence-electron chi connectivity index (χ1n) is 4.72. The predicted molar refractivity (Wildman–Crippen MR) is 59.1 cm³/mol. The Bertz CT molecular complexity index is 453. The molecule has 0 radical (unpaired) electrons. The second-order valence-electron chi connectivity index (χ2n) is 3.38. The second kappa shape index (κ2) is 4.58. The van der Waals surface area contributed by atoms with E-state index in [4.69, 9.17) is 15.2 Å². The number of rotatable bonds is 3. The second-order valence-corrected chi connectivity index (χ2v) is 4.21. The number of nitrogens with one attached hydrogen (secondary N) is 1. The predicted octanol–water partition coefficient (Wildman–Crippen LogP) is -0.475. The van der Waals surface area contributed by atoms with Gasteiger partial charge in [0.2, 0.25) is 10.9 Å². The van der Waals surface area contributed by atoms with Gasteiger partial charge in [-0.1, -0.05) is 0 Å². The van der Waals surface area contributed by atoms with E-state index in [1.807, 2.05) is 0 Å². The van der Waals surface area contributed by atoms with Crippen LogP contribution in [0.25, 0.3) is 0 Å². The zero-order valence-electron chi connectivity index (χ0n) is 8.38. The van der Waals surface area contributed by atoms with Crippen LogP contribution in [0.1, 0.15) is 0 Å². The molecule has 7 heteroatoms. The third-order valence-electron chi connectivity index (χ3n) is 2.13. The van der Waals surface area contributed by atoms with Crippen molar-refractivity contribution in [3.63, 3.8) is 0 Å². The Hall–Kier alpha value is -1.47. The lowest BCUT2D eigenvalue weighted by atomic mass is 10.2. The van der Waals surface area contributed by atoms with Crippen LogP contribution in [0.2, 0.25) is 0 Å². The molecule has 1 aromatic rings. The molecular weight excluding hydrogens is 232 g/mol. The summed E-state index contributed by atoms with van der Waals surface area (Å²) in [6.07, 6.45) is -0.331. The summed E-state index contributed by atoms with van der Waals surface area (Å²) in [6, 6.07) is 5.09. The van der Waals surface area contributed by atoms with Gasteiger partial charge in [0, 0.05) is 11.8 Å². The molecule has 0 unspecified atom stereocenters. The number of hydrogen-bond donors (Lipinski definition) is 3. The summed E-state index contributed by atoms with van der Waals surface area (Å²) in [5.74, 6) is 1.16. The van der Waals surface area contributed by atoms with E-state index in [9.17, 15) is 8.42 Å². The number of nitrogens with two attached hydrogens (primary N) is 1. The van der Waals surface area contributed by atoms with Gasteiger partial charge in [-0.3, -0.25) is 0 Å². The highest BCUT2D eigenvalue weighted by Crippen LogP contribution is 2.33. The lowest BCUT2D eigenvalue weighted by Gasteiger charge is -2.26. The fraction of sp³-hybridized carbons (Fsp3) is 0.333. The Morgan fingerprint density at radius 3 is 3.00 bits per heavy atom. The Balaban J connectivity index is 2.05. The summed E-state index contributed by atoms with van der Waals surface area (Å²) in [5.41, 5.74) is 6.18. The van der Waals surface area contributed by atoms with E-state index in [0.717, 1.165) is 0 Å². The summed E-state index contributed by atoms with van der Waals surface area (Å²) < 4.78 is 33.9. The molecule has 1 heterocycles. The van der Waals surface area contributed by atoms with Crippen LogP contribution in [0.15, 0.2) is 18.2 Å². The highest BCUT2D eigenvalue weighted by Gasteiger charge is 2.20. The molecule has 0 saturated heterocycles. The van der Waals surface area contributed by atoms with E-state index in [-0.39, 0.29) is 12.6 Å². The zero-order valence-corrected chi connectivity index (χ0v) is 9.28. The SMILES string of the molecule is Nc1ccc2c(c1)O[C@@H](CN[SH](=O)=O)CO2. The average Bonchev–Trinajstić information content (AvgIpc) is 2.25. The average molecular weight is 244 g/mol. The van der Waals surface area contributed by atoms with Gasteiger partial charge in [0.15, 0.2) is 11.5 Å². The summed E-state index contributed by atoms with van der Waals surface area (Å²) in [7, 11) is -2.61. The number of benzene rings is 1. The third kappa shape index (κ3) is 2.56. The third-order valence-corrected chi connectivity index (χ3v) is 2.57. The Kier molecular flexibility index (Phi) is 3.16. The van der Waals surface area contributed by atoms with Crippen LogP contribution in [0.5, 0.6) is 11.5 Å². The van der Waals surface area contributed by atoms with Crippen LogP contribution in [0.3, 0.4) is 0 Å². The maximum atomic E-state index is 10.4. The molecule has 88 valence electrons. The van der Waals surface area contributed by atoms with E-state index in [0.29, 0.717) is 23.8 Å². The molecule has 0 aliphatic carbocycles. The minimum absolute atomic E-state index is 0.187. The maximum Gasteiger partial charge on any atom is 0.201 e. The molecule has 0 amide bonds. The summed E-state index contributed by atoms with van der Waals surface area (Å²) in [5, 5.41) is 0. The van der Waals surface area contributed by atoms with Crippen LogP contribution in [-0.4, -0.2) is 27.7 Å². The van der Waals surface area contributed by atoms with Crippen molar-refractivity contribution in [2.75, 3.05) is 18.9 Å². The van der Waals surface area contributed by atoms with Gasteiger partial charge in [-0.2, -0.15) is 0 Å². The number of nitrogen functional groups attached to an aromatic ring is 1. The monoisotopic (exact) mass is 244 g/mol. The molecule has 2 rings (SSSR count). The Labute approximate surface area is 94.4 Å². The molecule has 1 aliphatic heterocycles. The van der Waals surface area contributed by atoms with Gasteiger partial charge < -0.3 is 15.2 Å². The molecule has 0 spiro atoms. The quantitative estimate of drug-likeness (QED) is 0.494. The van der Waals surface area contributed by atoms with E-state index in [2.05, 4.69) is 4.72 Å². The molecule has 1 atom stereocenters. The summed E-state index contributed by atoms with van der Waals surface area (Å²) >= 11 is 0. The lowest BCUT2D eigenvalue weighted by molar-refractivity contribution is 0.0946. The highest BCUT2D eigenvalue weighted by molar-refractivity contribution is 7.70. The standard InChI is InChI=1S/C9H12N2O4S/c10-6-1-2-8-9(3-6)15-7(5-14-8)4-11-16(12)13/h1-3,7,16H,4-5,10H2,(H,11,12,13)/t7-/m0/s1. The lowest BCUT2D eigenvalue weighted by Crippen LogP contribution is -2.38. The first-order valence-corrected chi connectivity index (χ1v) is 5.90. The van der Waals surface area contributed by atoms with E-state index < -0.39 is 10.9 Å². The molecule has 0 fully saturated rings. The van der Waals surface area contributed by atoms with Crippen LogP contribution < -0.4 is 19.9 Å². The molecular formula is C9H12N2O4S. The highest BCUT2D eigenvalue weighted by atomic mass is 32.2. The van der Waals surface area contributed by atoms with E-state index in [1.54, 1.807) is 18.2 Å². The van der Waals surface area contributed by atoms with Crippen molar-refractivity contribution < 1.29 is 17.9 Å². The number of thiol groups is 1. The zero-order chi connectivity index (χ0) is 11.5. The van der Waals surface area contributed by atoms with Gasteiger partial charge in [-0.05, 0) is 12.1 Å². The fourth-order valence-electron chi connectivity index (χ4n) is 1.41. The van der Waals surface area contributed by atoms with Gasteiger partial charge in [0.05, 0.1) is 6.54 Å². The van der Waals surface area contributed by atoms with E-state index in [1.165, 1.54) is 0 Å². The van der Waals surface area contributed by atoms with Crippen molar-refractivity contribution in [1.29, 1.82) is 0 Å². The van der Waals surface area contributed by atoms with Crippen molar-refractivity contribution in [3.05, 3.63) is 18.2 Å². The fourth-order valence-corrected chi connectivity index (χ4v) is 1.76. The minimum Gasteiger partial charge on any atom is -0.486 e. The van der Waals surface area contributed by atoms with Gasteiger partial charge >= 0.3 is 0 Å². The molecule has 0 aromatic heterocycles. The summed E-state index contributed by atoms with van der Waals surface area (Å²) in [6.45, 7) is 0.500. The van der Waals surface area contributed by atoms with Crippen LogP contribution in [0, 0.1) is 0 Å². The van der Waals surface area contributed by atoms with E-state index >= 15 is 0 Å². The molecule has 16 heavy (non-hydrogen) atoms. The number of anilines is 1. The first kappa shape index (κ1) is 11.0. The molecule has 0 bridgehead atoms. The minimum atomic E-state index is -2.61. The van der Waals surface area contributed by atoms with Gasteiger partial charge in [0.1, 0.15) is 12.7 Å². The Morgan fingerprint density at radius 1 is 1.44 bits per heavy atom. The molecule has 1 aromatic carbocycles. The molecule has 0 saturated carbocycles. The Morgan fingerprint density at radius 2 is 2.25 bits per heavy atom. The van der Waals surface area contributed by atoms with Gasteiger partial charge in [0.25, 0.3) is 0 Å². The number of ether oxygens (including phenoxy) is 2. The van der Waals surface area contributed by atoms with Crippen molar-refractivity contribution in [2.24, 2.45) is 0 Å².